The number of ether oxygens (including phenoxy) is 1. The van der Waals surface area contributed by atoms with Gasteiger partial charge in [-0.25, -0.2) is 0 Å². The Morgan fingerprint density at radius 1 is 1.14 bits per heavy atom. The molecule has 0 saturated carbocycles. The van der Waals surface area contributed by atoms with Crippen LogP contribution >= 0.6 is 0 Å². The fourth-order valence-corrected chi connectivity index (χ4v) is 1.83. The Bertz CT molecular complexity index is 633. The second-order valence-electron chi connectivity index (χ2n) is 4.49. The third kappa shape index (κ3) is 4.75. The van der Waals surface area contributed by atoms with Crippen LogP contribution in [0.4, 0.5) is 0 Å². The standard InChI is InChI=1S/C17H16N2O2/c18-12-15-7-4-8-16(11-15)17(20)19-9-10-21-13-14-5-2-1-3-6-14/h1-8,11H,9-10,13H2,(H,19,20). The van der Waals surface area contributed by atoms with Crippen molar-refractivity contribution in [3.8, 4) is 6.07 Å². The number of benzene rings is 2. The van der Waals surface area contributed by atoms with E-state index in [1.54, 1.807) is 24.3 Å². The van der Waals surface area contributed by atoms with E-state index in [-0.39, 0.29) is 5.91 Å². The Balaban J connectivity index is 1.71. The van der Waals surface area contributed by atoms with Crippen molar-refractivity contribution in [1.29, 1.82) is 5.26 Å². The van der Waals surface area contributed by atoms with E-state index in [1.807, 2.05) is 36.4 Å². The van der Waals surface area contributed by atoms with E-state index in [0.717, 1.165) is 5.56 Å². The average molecular weight is 280 g/mol. The number of nitrogens with one attached hydrogen (secondary N) is 1. The van der Waals surface area contributed by atoms with Gasteiger partial charge >= 0.3 is 0 Å². The van der Waals surface area contributed by atoms with Crippen LogP contribution in [0, 0.1) is 11.3 Å². The van der Waals surface area contributed by atoms with E-state index >= 15 is 0 Å². The summed E-state index contributed by atoms with van der Waals surface area (Å²) in [4.78, 5) is 11.9. The van der Waals surface area contributed by atoms with Crippen LogP contribution in [0.2, 0.25) is 0 Å². The molecular formula is C17H16N2O2. The average Bonchev–Trinajstić information content (AvgIpc) is 2.55. The van der Waals surface area contributed by atoms with Crippen LogP contribution in [-0.2, 0) is 11.3 Å². The largest absolute Gasteiger partial charge is 0.375 e. The lowest BCUT2D eigenvalue weighted by Crippen LogP contribution is -2.27. The van der Waals surface area contributed by atoms with Gasteiger partial charge in [-0.2, -0.15) is 5.26 Å². The van der Waals surface area contributed by atoms with Crippen molar-refractivity contribution < 1.29 is 9.53 Å². The molecule has 106 valence electrons. The molecular weight excluding hydrogens is 264 g/mol. The number of hydrogen-bond acceptors (Lipinski definition) is 3. The number of hydrogen-bond donors (Lipinski definition) is 1. The van der Waals surface area contributed by atoms with E-state index in [1.165, 1.54) is 0 Å². The Hall–Kier alpha value is -2.64. The Morgan fingerprint density at radius 3 is 2.71 bits per heavy atom. The van der Waals surface area contributed by atoms with Gasteiger partial charge < -0.3 is 10.1 Å². The SMILES string of the molecule is N#Cc1cccc(C(=O)NCCOCc2ccccc2)c1. The molecule has 0 aliphatic rings. The molecule has 0 bridgehead atoms. The molecule has 1 N–H and O–H groups in total. The zero-order valence-electron chi connectivity index (χ0n) is 11.6. The summed E-state index contributed by atoms with van der Waals surface area (Å²) >= 11 is 0. The molecule has 2 aromatic rings. The smallest absolute Gasteiger partial charge is 0.251 e. The van der Waals surface area contributed by atoms with Crippen molar-refractivity contribution >= 4 is 5.91 Å². The number of carbonyl (C=O) groups excluding carboxylic acids is 1. The third-order valence-electron chi connectivity index (χ3n) is 2.90. The number of carbonyl (C=O) groups is 1. The summed E-state index contributed by atoms with van der Waals surface area (Å²) in [5, 5.41) is 11.6. The molecule has 4 heteroatoms. The topological polar surface area (TPSA) is 62.1 Å². The van der Waals surface area contributed by atoms with Crippen molar-refractivity contribution in [1.82, 2.24) is 5.32 Å². The van der Waals surface area contributed by atoms with E-state index in [9.17, 15) is 4.79 Å². The fraction of sp³-hybridized carbons (Fsp3) is 0.176. The number of nitrogens with zero attached hydrogens (tertiary/aromatic N) is 1. The quantitative estimate of drug-likeness (QED) is 0.827. The summed E-state index contributed by atoms with van der Waals surface area (Å²) < 4.78 is 5.48. The van der Waals surface area contributed by atoms with Gasteiger partial charge in [0.05, 0.1) is 24.8 Å². The van der Waals surface area contributed by atoms with Crippen LogP contribution in [0.15, 0.2) is 54.6 Å². The molecule has 2 rings (SSSR count). The normalized spacial score (nSPS) is 9.86. The van der Waals surface area contributed by atoms with E-state index < -0.39 is 0 Å². The lowest BCUT2D eigenvalue weighted by molar-refractivity contribution is 0.0901. The first-order valence-electron chi connectivity index (χ1n) is 6.69. The van der Waals surface area contributed by atoms with Crippen molar-refractivity contribution in [2.45, 2.75) is 6.61 Å². The molecule has 2 aromatic carbocycles. The van der Waals surface area contributed by atoms with Gasteiger partial charge in [-0.1, -0.05) is 36.4 Å². The summed E-state index contributed by atoms with van der Waals surface area (Å²) in [6.45, 7) is 1.40. The van der Waals surface area contributed by atoms with Gasteiger partial charge in [0.1, 0.15) is 0 Å². The summed E-state index contributed by atoms with van der Waals surface area (Å²) in [6, 6.07) is 18.5. The Kier molecular flexibility index (Phi) is 5.50. The van der Waals surface area contributed by atoms with Crippen LogP contribution in [0.1, 0.15) is 21.5 Å². The molecule has 1 amide bonds. The second-order valence-corrected chi connectivity index (χ2v) is 4.49. The monoisotopic (exact) mass is 280 g/mol. The molecule has 4 nitrogen and oxygen atoms in total. The molecule has 0 spiro atoms. The number of amides is 1. The first-order chi connectivity index (χ1) is 10.3. The highest BCUT2D eigenvalue weighted by Gasteiger charge is 2.05. The Morgan fingerprint density at radius 2 is 1.95 bits per heavy atom. The molecule has 0 unspecified atom stereocenters. The molecule has 0 radical (unpaired) electrons. The van der Waals surface area contributed by atoms with Gasteiger partial charge in [-0.05, 0) is 23.8 Å². The van der Waals surface area contributed by atoms with Gasteiger partial charge in [0.25, 0.3) is 5.91 Å². The zero-order valence-corrected chi connectivity index (χ0v) is 11.6. The molecule has 0 aromatic heterocycles. The van der Waals surface area contributed by atoms with Crippen molar-refractivity contribution in [3.63, 3.8) is 0 Å². The lowest BCUT2D eigenvalue weighted by Gasteiger charge is -2.07. The molecule has 21 heavy (non-hydrogen) atoms. The summed E-state index contributed by atoms with van der Waals surface area (Å²) in [7, 11) is 0. The van der Waals surface area contributed by atoms with Crippen LogP contribution < -0.4 is 5.32 Å². The predicted octanol–water partition coefficient (Wildman–Crippen LogP) is 2.50. The van der Waals surface area contributed by atoms with E-state index in [2.05, 4.69) is 5.32 Å². The van der Waals surface area contributed by atoms with E-state index in [0.29, 0.717) is 30.9 Å². The molecule has 0 fully saturated rings. The molecule has 0 aliphatic heterocycles. The highest BCUT2D eigenvalue weighted by atomic mass is 16.5. The predicted molar refractivity (Wildman–Crippen MR) is 79.6 cm³/mol. The fourth-order valence-electron chi connectivity index (χ4n) is 1.83. The highest BCUT2D eigenvalue weighted by molar-refractivity contribution is 5.94. The van der Waals surface area contributed by atoms with Crippen LogP contribution in [-0.4, -0.2) is 19.1 Å². The minimum atomic E-state index is -0.199. The maximum absolute atomic E-state index is 11.9. The highest BCUT2D eigenvalue weighted by Crippen LogP contribution is 2.04. The summed E-state index contributed by atoms with van der Waals surface area (Å²) in [5.74, 6) is -0.199. The first kappa shape index (κ1) is 14.8. The van der Waals surface area contributed by atoms with Crippen LogP contribution in [0.5, 0.6) is 0 Å². The molecule has 0 atom stereocenters. The maximum Gasteiger partial charge on any atom is 0.251 e. The first-order valence-corrected chi connectivity index (χ1v) is 6.69. The number of nitriles is 1. The van der Waals surface area contributed by atoms with Crippen LogP contribution in [0.3, 0.4) is 0 Å². The lowest BCUT2D eigenvalue weighted by atomic mass is 10.1. The maximum atomic E-state index is 11.9. The van der Waals surface area contributed by atoms with Gasteiger partial charge in [0, 0.05) is 12.1 Å². The van der Waals surface area contributed by atoms with E-state index in [4.69, 9.17) is 10.00 Å². The molecule has 0 aliphatic carbocycles. The Labute approximate surface area is 124 Å². The van der Waals surface area contributed by atoms with Crippen molar-refractivity contribution in [2.75, 3.05) is 13.2 Å². The third-order valence-corrected chi connectivity index (χ3v) is 2.90. The summed E-state index contributed by atoms with van der Waals surface area (Å²) in [6.07, 6.45) is 0. The van der Waals surface area contributed by atoms with Gasteiger partial charge in [-0.15, -0.1) is 0 Å². The van der Waals surface area contributed by atoms with Crippen molar-refractivity contribution in [2.24, 2.45) is 0 Å². The minimum absolute atomic E-state index is 0.199. The van der Waals surface area contributed by atoms with Gasteiger partial charge in [0.2, 0.25) is 0 Å². The van der Waals surface area contributed by atoms with Crippen LogP contribution in [0.25, 0.3) is 0 Å². The van der Waals surface area contributed by atoms with Gasteiger partial charge in [-0.3, -0.25) is 4.79 Å². The van der Waals surface area contributed by atoms with Crippen molar-refractivity contribution in [3.05, 3.63) is 71.3 Å². The number of rotatable bonds is 6. The minimum Gasteiger partial charge on any atom is -0.375 e. The molecule has 0 saturated heterocycles. The molecule has 0 heterocycles. The second kappa shape index (κ2) is 7.83. The zero-order chi connectivity index (χ0) is 14.9. The van der Waals surface area contributed by atoms with Gasteiger partial charge in [0.15, 0.2) is 0 Å². The summed E-state index contributed by atoms with van der Waals surface area (Å²) in [5.41, 5.74) is 2.06.